The van der Waals surface area contributed by atoms with Crippen LogP contribution in [0, 0.1) is 17.0 Å². The molecule has 0 atom stereocenters. The Bertz CT molecular complexity index is 420. The van der Waals surface area contributed by atoms with Gasteiger partial charge in [-0.1, -0.05) is 13.8 Å². The molecule has 0 saturated carbocycles. The minimum absolute atomic E-state index is 0.223. The molecule has 94 valence electrons. The lowest BCUT2D eigenvalue weighted by Gasteiger charge is -2.38. The Labute approximate surface area is 100 Å². The van der Waals surface area contributed by atoms with Crippen LogP contribution in [0.15, 0.2) is 12.1 Å². The molecule has 0 aromatic heterocycles. The van der Waals surface area contributed by atoms with Crippen LogP contribution in [0.5, 0.6) is 0 Å². The number of hydrogen-bond donors (Lipinski definition) is 1. The van der Waals surface area contributed by atoms with Gasteiger partial charge in [-0.25, -0.2) is 8.78 Å². The van der Waals surface area contributed by atoms with Gasteiger partial charge in [-0.3, -0.25) is 0 Å². The predicted octanol–water partition coefficient (Wildman–Crippen LogP) is 3.17. The molecule has 2 N–H and O–H groups in total. The molecular formula is C13H18F2N2. The van der Waals surface area contributed by atoms with Gasteiger partial charge in [-0.05, 0) is 30.4 Å². The Morgan fingerprint density at radius 1 is 1.18 bits per heavy atom. The number of rotatable bonds is 1. The van der Waals surface area contributed by atoms with Crippen LogP contribution in [0.25, 0.3) is 0 Å². The van der Waals surface area contributed by atoms with Gasteiger partial charge in [0.1, 0.15) is 0 Å². The van der Waals surface area contributed by atoms with Crippen molar-refractivity contribution in [2.24, 2.45) is 5.41 Å². The minimum atomic E-state index is -0.834. The predicted molar refractivity (Wildman–Crippen MR) is 66.0 cm³/mol. The molecule has 4 heteroatoms. The van der Waals surface area contributed by atoms with Gasteiger partial charge in [-0.2, -0.15) is 0 Å². The topological polar surface area (TPSA) is 29.3 Å². The van der Waals surface area contributed by atoms with E-state index in [1.54, 1.807) is 0 Å². The molecular weight excluding hydrogens is 222 g/mol. The van der Waals surface area contributed by atoms with Crippen molar-refractivity contribution in [1.82, 2.24) is 0 Å². The lowest BCUT2D eigenvalue weighted by atomic mass is 9.82. The summed E-state index contributed by atoms with van der Waals surface area (Å²) >= 11 is 0. The number of hydrogen-bond acceptors (Lipinski definition) is 2. The van der Waals surface area contributed by atoms with Gasteiger partial charge in [0.15, 0.2) is 11.6 Å². The van der Waals surface area contributed by atoms with Crippen molar-refractivity contribution in [2.75, 3.05) is 23.7 Å². The zero-order valence-electron chi connectivity index (χ0n) is 10.3. The molecule has 1 saturated heterocycles. The average Bonchev–Trinajstić information content (AvgIpc) is 2.26. The highest BCUT2D eigenvalue weighted by Crippen LogP contribution is 2.36. The Kier molecular flexibility index (Phi) is 2.98. The Hall–Kier alpha value is -1.32. The molecule has 1 aromatic carbocycles. The second-order valence-electron chi connectivity index (χ2n) is 5.45. The highest BCUT2D eigenvalue weighted by atomic mass is 19.2. The number of halogens is 2. The van der Waals surface area contributed by atoms with Gasteiger partial charge in [0, 0.05) is 13.1 Å². The number of nitrogens with zero attached hydrogens (tertiary/aromatic N) is 1. The van der Waals surface area contributed by atoms with Crippen LogP contribution in [-0.2, 0) is 0 Å². The van der Waals surface area contributed by atoms with Gasteiger partial charge < -0.3 is 10.6 Å². The molecule has 0 aliphatic carbocycles. The maximum atomic E-state index is 13.7. The van der Waals surface area contributed by atoms with Crippen LogP contribution < -0.4 is 10.6 Å². The normalized spacial score (nSPS) is 19.4. The molecule has 0 spiro atoms. The van der Waals surface area contributed by atoms with E-state index in [9.17, 15) is 8.78 Å². The number of benzene rings is 1. The third-order valence-electron chi connectivity index (χ3n) is 3.53. The molecule has 0 bridgehead atoms. The molecule has 1 aliphatic heterocycles. The number of anilines is 2. The smallest absolute Gasteiger partial charge is 0.184 e. The highest BCUT2D eigenvalue weighted by Gasteiger charge is 2.28. The van der Waals surface area contributed by atoms with E-state index in [-0.39, 0.29) is 11.1 Å². The van der Waals surface area contributed by atoms with Crippen molar-refractivity contribution in [3.05, 3.63) is 23.8 Å². The lowest BCUT2D eigenvalue weighted by Crippen LogP contribution is -2.38. The van der Waals surface area contributed by atoms with E-state index in [0.29, 0.717) is 5.69 Å². The van der Waals surface area contributed by atoms with Crippen molar-refractivity contribution >= 4 is 11.4 Å². The van der Waals surface area contributed by atoms with Gasteiger partial charge in [0.25, 0.3) is 0 Å². The first-order valence-electron chi connectivity index (χ1n) is 5.89. The van der Waals surface area contributed by atoms with Gasteiger partial charge >= 0.3 is 0 Å². The average molecular weight is 240 g/mol. The molecule has 2 rings (SSSR count). The van der Waals surface area contributed by atoms with Gasteiger partial charge in [0.2, 0.25) is 0 Å². The van der Waals surface area contributed by atoms with E-state index >= 15 is 0 Å². The van der Waals surface area contributed by atoms with Crippen molar-refractivity contribution in [2.45, 2.75) is 26.7 Å². The molecule has 1 aliphatic rings. The third-order valence-corrected chi connectivity index (χ3v) is 3.53. The molecule has 1 aromatic rings. The minimum Gasteiger partial charge on any atom is -0.397 e. The van der Waals surface area contributed by atoms with E-state index in [1.807, 2.05) is 4.90 Å². The number of nitrogens with two attached hydrogens (primary N) is 1. The summed E-state index contributed by atoms with van der Waals surface area (Å²) < 4.78 is 27.0. The fraction of sp³-hybridized carbons (Fsp3) is 0.538. The molecule has 1 fully saturated rings. The van der Waals surface area contributed by atoms with E-state index < -0.39 is 11.6 Å². The first kappa shape index (κ1) is 12.1. The van der Waals surface area contributed by atoms with Crippen LogP contribution >= 0.6 is 0 Å². The summed E-state index contributed by atoms with van der Waals surface area (Å²) in [5.41, 5.74) is 6.54. The summed E-state index contributed by atoms with van der Waals surface area (Å²) in [4.78, 5) is 1.85. The largest absolute Gasteiger partial charge is 0.397 e. The lowest BCUT2D eigenvalue weighted by molar-refractivity contribution is 0.278. The first-order chi connectivity index (χ1) is 7.91. The van der Waals surface area contributed by atoms with Crippen LogP contribution in [0.3, 0.4) is 0 Å². The third kappa shape index (κ3) is 2.35. The van der Waals surface area contributed by atoms with Crippen molar-refractivity contribution in [3.8, 4) is 0 Å². The summed E-state index contributed by atoms with van der Waals surface area (Å²) in [7, 11) is 0. The van der Waals surface area contributed by atoms with E-state index in [0.717, 1.165) is 32.0 Å². The molecule has 17 heavy (non-hydrogen) atoms. The molecule has 2 nitrogen and oxygen atoms in total. The maximum Gasteiger partial charge on any atom is 0.184 e. The zero-order chi connectivity index (χ0) is 12.6. The van der Waals surface area contributed by atoms with E-state index in [2.05, 4.69) is 13.8 Å². The molecule has 0 radical (unpaired) electrons. The summed E-state index contributed by atoms with van der Waals surface area (Å²) in [5, 5.41) is 0. The van der Waals surface area contributed by atoms with Gasteiger partial charge in [-0.15, -0.1) is 0 Å². The Balaban J connectivity index is 2.27. The van der Waals surface area contributed by atoms with Crippen molar-refractivity contribution in [3.63, 3.8) is 0 Å². The summed E-state index contributed by atoms with van der Waals surface area (Å²) in [6.07, 6.45) is 1.92. The Morgan fingerprint density at radius 3 is 2.35 bits per heavy atom. The monoisotopic (exact) mass is 240 g/mol. The SMILES string of the molecule is CC1(C)CCN(c2c(N)ccc(F)c2F)CC1. The van der Waals surface area contributed by atoms with E-state index in [4.69, 9.17) is 5.73 Å². The number of nitrogen functional groups attached to an aromatic ring is 1. The summed E-state index contributed by atoms with van der Waals surface area (Å²) in [6.45, 7) is 5.82. The first-order valence-corrected chi connectivity index (χ1v) is 5.89. The molecule has 0 unspecified atom stereocenters. The fourth-order valence-electron chi connectivity index (χ4n) is 2.21. The molecule has 0 amide bonds. The maximum absolute atomic E-state index is 13.7. The quantitative estimate of drug-likeness (QED) is 0.764. The van der Waals surface area contributed by atoms with Crippen LogP contribution in [0.4, 0.5) is 20.2 Å². The van der Waals surface area contributed by atoms with Crippen molar-refractivity contribution in [1.29, 1.82) is 0 Å². The van der Waals surface area contributed by atoms with Crippen LogP contribution in [0.2, 0.25) is 0 Å². The van der Waals surface area contributed by atoms with E-state index in [1.165, 1.54) is 6.07 Å². The zero-order valence-corrected chi connectivity index (χ0v) is 10.3. The summed E-state index contributed by atoms with van der Waals surface area (Å²) in [6, 6.07) is 2.50. The van der Waals surface area contributed by atoms with Crippen LogP contribution in [0.1, 0.15) is 26.7 Å². The standard InChI is InChI=1S/C13H18F2N2/c1-13(2)5-7-17(8-6-13)12-10(16)4-3-9(14)11(12)15/h3-4H,5-8,16H2,1-2H3. The second-order valence-corrected chi connectivity index (χ2v) is 5.45. The van der Waals surface area contributed by atoms with Crippen molar-refractivity contribution < 1.29 is 8.78 Å². The van der Waals surface area contributed by atoms with Gasteiger partial charge in [0.05, 0.1) is 11.4 Å². The second kappa shape index (κ2) is 4.17. The van der Waals surface area contributed by atoms with Crippen LogP contribution in [-0.4, -0.2) is 13.1 Å². The molecule has 1 heterocycles. The summed E-state index contributed by atoms with van der Waals surface area (Å²) in [5.74, 6) is -1.66. The highest BCUT2D eigenvalue weighted by molar-refractivity contribution is 5.68. The number of piperidine rings is 1. The Morgan fingerprint density at radius 2 is 1.76 bits per heavy atom. The fourth-order valence-corrected chi connectivity index (χ4v) is 2.21.